The van der Waals surface area contributed by atoms with Crippen molar-refractivity contribution in [1.82, 2.24) is 0 Å². The van der Waals surface area contributed by atoms with Gasteiger partial charge in [-0.15, -0.1) is 0 Å². The first-order chi connectivity index (χ1) is 12.2. The summed E-state index contributed by atoms with van der Waals surface area (Å²) in [6, 6.07) is 0. The summed E-state index contributed by atoms with van der Waals surface area (Å²) in [7, 11) is 0. The molecule has 0 aromatic rings. The first-order valence-corrected chi connectivity index (χ1v) is 11.8. The summed E-state index contributed by atoms with van der Waals surface area (Å²) >= 11 is 0. The van der Waals surface area contributed by atoms with Crippen LogP contribution in [0.3, 0.4) is 0 Å². The molecular weight excluding hydrogens is 304 g/mol. The van der Waals surface area contributed by atoms with Gasteiger partial charge in [-0.2, -0.15) is 0 Å². The van der Waals surface area contributed by atoms with Crippen LogP contribution in [0.2, 0.25) is 0 Å². The van der Waals surface area contributed by atoms with Crippen LogP contribution in [0.5, 0.6) is 0 Å². The first-order valence-electron chi connectivity index (χ1n) is 11.8. The van der Waals surface area contributed by atoms with Crippen molar-refractivity contribution < 1.29 is 5.11 Å². The van der Waals surface area contributed by atoms with Crippen LogP contribution in [-0.4, -0.2) is 11.2 Å². The van der Waals surface area contributed by atoms with Crippen molar-refractivity contribution in [3.05, 3.63) is 0 Å². The van der Waals surface area contributed by atoms with Crippen LogP contribution in [0.15, 0.2) is 0 Å². The number of aliphatic hydroxyl groups excluding tert-OH is 1. The molecule has 25 heavy (non-hydrogen) atoms. The van der Waals surface area contributed by atoms with Crippen LogP contribution in [0.1, 0.15) is 136 Å². The molecule has 1 fully saturated rings. The third kappa shape index (κ3) is 10.0. The molecule has 1 saturated carbocycles. The van der Waals surface area contributed by atoms with Gasteiger partial charge in [0.1, 0.15) is 0 Å². The predicted molar refractivity (Wildman–Crippen MR) is 112 cm³/mol. The van der Waals surface area contributed by atoms with Crippen LogP contribution < -0.4 is 0 Å². The molecule has 1 heteroatoms. The van der Waals surface area contributed by atoms with E-state index in [0.717, 1.165) is 18.8 Å². The van der Waals surface area contributed by atoms with E-state index in [-0.39, 0.29) is 6.10 Å². The van der Waals surface area contributed by atoms with E-state index in [1.54, 1.807) is 0 Å². The van der Waals surface area contributed by atoms with Gasteiger partial charge in [0.2, 0.25) is 0 Å². The van der Waals surface area contributed by atoms with E-state index in [2.05, 4.69) is 20.8 Å². The Bertz CT molecular complexity index is 286. The number of aliphatic hydroxyl groups is 1. The van der Waals surface area contributed by atoms with Crippen molar-refractivity contribution in [2.45, 2.75) is 142 Å². The van der Waals surface area contributed by atoms with Crippen LogP contribution in [-0.2, 0) is 0 Å². The van der Waals surface area contributed by atoms with Gasteiger partial charge in [0, 0.05) is 0 Å². The van der Waals surface area contributed by atoms with Crippen molar-refractivity contribution in [1.29, 1.82) is 0 Å². The summed E-state index contributed by atoms with van der Waals surface area (Å²) in [6.45, 7) is 6.90. The molecule has 0 radical (unpaired) electrons. The Balaban J connectivity index is 2.56. The normalized spacial score (nSPS) is 23.0. The van der Waals surface area contributed by atoms with Crippen molar-refractivity contribution in [3.8, 4) is 0 Å². The largest absolute Gasteiger partial charge is 0.393 e. The molecule has 1 nitrogen and oxygen atoms in total. The average molecular weight is 353 g/mol. The number of rotatable bonds is 15. The molecule has 0 bridgehead atoms. The summed E-state index contributed by atoms with van der Waals surface area (Å²) in [5.74, 6) is 0.790. The number of hydrogen-bond acceptors (Lipinski definition) is 1. The minimum atomic E-state index is -0.0257. The van der Waals surface area contributed by atoms with Gasteiger partial charge in [-0.3, -0.25) is 0 Å². The Kier molecular flexibility index (Phi) is 12.9. The Labute approximate surface area is 159 Å². The molecule has 0 heterocycles. The number of unbranched alkanes of at least 4 members (excludes halogenated alkanes) is 9. The molecule has 1 aliphatic carbocycles. The summed E-state index contributed by atoms with van der Waals surface area (Å²) in [5.41, 5.74) is 0.467. The SMILES string of the molecule is CCCCCCC1CC(O)CC(CCCCCC)(CCCCCC)C1. The van der Waals surface area contributed by atoms with Gasteiger partial charge < -0.3 is 5.11 Å². The molecule has 1 N–H and O–H groups in total. The highest BCUT2D eigenvalue weighted by atomic mass is 16.3. The molecular formula is C24H48O. The average Bonchev–Trinajstić information content (AvgIpc) is 2.59. The molecule has 0 amide bonds. The molecule has 0 aliphatic heterocycles. The highest BCUT2D eigenvalue weighted by Gasteiger charge is 2.38. The van der Waals surface area contributed by atoms with Gasteiger partial charge >= 0.3 is 0 Å². The Hall–Kier alpha value is -0.0400. The smallest absolute Gasteiger partial charge is 0.0548 e. The zero-order valence-electron chi connectivity index (χ0n) is 17.8. The lowest BCUT2D eigenvalue weighted by atomic mass is 9.63. The minimum Gasteiger partial charge on any atom is -0.393 e. The molecule has 2 unspecified atom stereocenters. The monoisotopic (exact) mass is 352 g/mol. The zero-order valence-corrected chi connectivity index (χ0v) is 17.8. The van der Waals surface area contributed by atoms with Gasteiger partial charge in [0.15, 0.2) is 0 Å². The molecule has 0 aromatic carbocycles. The second kappa shape index (κ2) is 14.1. The van der Waals surface area contributed by atoms with E-state index in [9.17, 15) is 5.11 Å². The number of hydrogen-bond donors (Lipinski definition) is 1. The molecule has 1 aliphatic rings. The van der Waals surface area contributed by atoms with Gasteiger partial charge in [-0.1, -0.05) is 104 Å². The molecule has 150 valence electrons. The molecule has 0 saturated heterocycles. The quantitative estimate of drug-likeness (QED) is 0.296. The summed E-state index contributed by atoms with van der Waals surface area (Å²) in [6.07, 6.45) is 24.1. The van der Waals surface area contributed by atoms with Crippen molar-refractivity contribution in [2.24, 2.45) is 11.3 Å². The zero-order chi connectivity index (χ0) is 18.4. The summed E-state index contributed by atoms with van der Waals surface area (Å²) in [4.78, 5) is 0. The first kappa shape index (κ1) is 23.0. The molecule has 0 aromatic heterocycles. The summed E-state index contributed by atoms with van der Waals surface area (Å²) < 4.78 is 0. The fourth-order valence-corrected chi connectivity index (χ4v) is 5.21. The molecule has 2 atom stereocenters. The molecule has 1 rings (SSSR count). The van der Waals surface area contributed by atoms with Crippen molar-refractivity contribution in [3.63, 3.8) is 0 Å². The standard InChI is InChI=1S/C24H48O/c1-4-7-10-13-16-22-19-23(25)21-24(20-22,17-14-11-8-5-2)18-15-12-9-6-3/h22-23,25H,4-21H2,1-3H3. The van der Waals surface area contributed by atoms with Gasteiger partial charge in [-0.25, -0.2) is 0 Å². The van der Waals surface area contributed by atoms with Gasteiger partial charge in [0.25, 0.3) is 0 Å². The van der Waals surface area contributed by atoms with Crippen molar-refractivity contribution >= 4 is 0 Å². The summed E-state index contributed by atoms with van der Waals surface area (Å²) in [5, 5.41) is 10.6. The fraction of sp³-hybridized carbons (Fsp3) is 1.00. The lowest BCUT2D eigenvalue weighted by Gasteiger charge is -2.44. The van der Waals surface area contributed by atoms with Crippen LogP contribution in [0.25, 0.3) is 0 Å². The van der Waals surface area contributed by atoms with Crippen molar-refractivity contribution in [2.75, 3.05) is 0 Å². The fourth-order valence-electron chi connectivity index (χ4n) is 5.21. The Morgan fingerprint density at radius 2 is 1.20 bits per heavy atom. The Morgan fingerprint density at radius 3 is 1.72 bits per heavy atom. The second-order valence-corrected chi connectivity index (χ2v) is 9.13. The van der Waals surface area contributed by atoms with Gasteiger partial charge in [-0.05, 0) is 43.4 Å². The van der Waals surface area contributed by atoms with E-state index in [1.807, 2.05) is 0 Å². The highest BCUT2D eigenvalue weighted by molar-refractivity contribution is 4.90. The maximum Gasteiger partial charge on any atom is 0.0548 e. The van der Waals surface area contributed by atoms with E-state index >= 15 is 0 Å². The lowest BCUT2D eigenvalue weighted by Crippen LogP contribution is -2.36. The van der Waals surface area contributed by atoms with E-state index in [0.29, 0.717) is 5.41 Å². The molecule has 0 spiro atoms. The van der Waals surface area contributed by atoms with Crippen LogP contribution in [0, 0.1) is 11.3 Å². The maximum atomic E-state index is 10.6. The minimum absolute atomic E-state index is 0.0257. The Morgan fingerprint density at radius 1 is 0.680 bits per heavy atom. The van der Waals surface area contributed by atoms with E-state index < -0.39 is 0 Å². The van der Waals surface area contributed by atoms with Gasteiger partial charge in [0.05, 0.1) is 6.10 Å². The third-order valence-electron chi connectivity index (χ3n) is 6.58. The predicted octanol–water partition coefficient (Wildman–Crippen LogP) is 8.05. The van der Waals surface area contributed by atoms with Crippen LogP contribution in [0.4, 0.5) is 0 Å². The maximum absolute atomic E-state index is 10.6. The topological polar surface area (TPSA) is 20.2 Å². The van der Waals surface area contributed by atoms with Crippen LogP contribution >= 0.6 is 0 Å². The van der Waals surface area contributed by atoms with E-state index in [1.165, 1.54) is 103 Å². The van der Waals surface area contributed by atoms with E-state index in [4.69, 9.17) is 0 Å². The highest BCUT2D eigenvalue weighted by Crippen LogP contribution is 2.48. The lowest BCUT2D eigenvalue weighted by molar-refractivity contribution is -0.000129. The second-order valence-electron chi connectivity index (χ2n) is 9.13. The third-order valence-corrected chi connectivity index (χ3v) is 6.58.